The highest BCUT2D eigenvalue weighted by molar-refractivity contribution is 7.91. The zero-order chi connectivity index (χ0) is 21.4. The summed E-state index contributed by atoms with van der Waals surface area (Å²) in [4.78, 5) is -0.147. The summed E-state index contributed by atoms with van der Waals surface area (Å²) in [6.45, 7) is 9.77. The molecule has 5 nitrogen and oxygen atoms in total. The molecule has 0 fully saturated rings. The van der Waals surface area contributed by atoms with E-state index in [1.807, 2.05) is 10.9 Å². The quantitative estimate of drug-likeness (QED) is 0.688. The van der Waals surface area contributed by atoms with E-state index in [-0.39, 0.29) is 16.4 Å². The summed E-state index contributed by atoms with van der Waals surface area (Å²) in [6, 6.07) is 4.34. The van der Waals surface area contributed by atoms with Crippen LogP contribution in [0.4, 0.5) is 8.78 Å². The minimum absolute atomic E-state index is 0.0892. The van der Waals surface area contributed by atoms with Crippen molar-refractivity contribution in [3.8, 4) is 5.88 Å². The molecule has 3 heterocycles. The van der Waals surface area contributed by atoms with Gasteiger partial charge in [-0.05, 0) is 17.4 Å². The number of fused-ring (bicyclic) bond motifs is 2. The summed E-state index contributed by atoms with van der Waals surface area (Å²) in [5.41, 5.74) is 1.38. The van der Waals surface area contributed by atoms with Gasteiger partial charge in [0.25, 0.3) is 5.92 Å². The molecule has 0 N–H and O–H groups in total. The first-order chi connectivity index (χ1) is 13.5. The van der Waals surface area contributed by atoms with Gasteiger partial charge in [0.1, 0.15) is 0 Å². The number of hydrogen-bond donors (Lipinski definition) is 0. The summed E-state index contributed by atoms with van der Waals surface area (Å²) in [7, 11) is -3.57. The molecule has 0 bridgehead atoms. The number of ether oxygens (including phenoxy) is 1. The van der Waals surface area contributed by atoms with Gasteiger partial charge in [-0.2, -0.15) is 5.10 Å². The zero-order valence-corrected chi connectivity index (χ0v) is 18.1. The van der Waals surface area contributed by atoms with E-state index >= 15 is 0 Å². The lowest BCUT2D eigenvalue weighted by atomic mass is 9.97. The molecule has 8 heteroatoms. The van der Waals surface area contributed by atoms with Gasteiger partial charge < -0.3 is 4.74 Å². The summed E-state index contributed by atoms with van der Waals surface area (Å²) < 4.78 is 58.9. The van der Waals surface area contributed by atoms with Crippen LogP contribution in [0, 0.1) is 0 Å². The van der Waals surface area contributed by atoms with Gasteiger partial charge in [0.15, 0.2) is 9.84 Å². The van der Waals surface area contributed by atoms with Crippen molar-refractivity contribution in [2.24, 2.45) is 0 Å². The van der Waals surface area contributed by atoms with Gasteiger partial charge in [-0.3, -0.25) is 0 Å². The lowest BCUT2D eigenvalue weighted by Gasteiger charge is -2.27. The summed E-state index contributed by atoms with van der Waals surface area (Å²) >= 11 is 0. The van der Waals surface area contributed by atoms with Gasteiger partial charge in [0, 0.05) is 30.5 Å². The molecule has 0 spiro atoms. The first-order valence-corrected chi connectivity index (χ1v) is 11.6. The van der Waals surface area contributed by atoms with Crippen molar-refractivity contribution in [2.75, 3.05) is 12.4 Å². The van der Waals surface area contributed by atoms with E-state index in [2.05, 4.69) is 18.9 Å². The number of alkyl halides is 2. The Kier molecular flexibility index (Phi) is 6.03. The average Bonchev–Trinajstić information content (AvgIpc) is 3.10. The zero-order valence-electron chi connectivity index (χ0n) is 17.3. The van der Waals surface area contributed by atoms with Crippen LogP contribution in [0.1, 0.15) is 69.1 Å². The number of hydrogen-bond acceptors (Lipinski definition) is 4. The molecule has 0 aliphatic carbocycles. The van der Waals surface area contributed by atoms with Crippen LogP contribution in [0.15, 0.2) is 29.3 Å². The second-order valence-electron chi connectivity index (χ2n) is 8.14. The Morgan fingerprint density at radius 2 is 1.83 bits per heavy atom. The molecule has 0 saturated heterocycles. The summed E-state index contributed by atoms with van der Waals surface area (Å²) in [5.74, 6) is -2.11. The molecule has 0 radical (unpaired) electrons. The highest BCUT2D eigenvalue weighted by Crippen LogP contribution is 2.43. The van der Waals surface area contributed by atoms with Crippen molar-refractivity contribution in [2.45, 2.75) is 69.7 Å². The molecule has 0 amide bonds. The number of benzene rings is 1. The lowest BCUT2D eigenvalue weighted by Crippen LogP contribution is -2.29. The van der Waals surface area contributed by atoms with Crippen LogP contribution in [0.25, 0.3) is 0 Å². The Balaban J connectivity index is 0.000000176. The Labute approximate surface area is 171 Å². The standard InChI is InChI=1S/C12H14F2O2S.C9H14N2O/c1-8(2)9-4-3-5-10-11(9)17(15,16)7-6-12(10,13)14;1-7(2)8-6-10-11-4-3-5-12-9(8)11/h3-5,8H,6-7H2,1-2H3;6-7H,3-5H2,1-2H3. The highest BCUT2D eigenvalue weighted by Gasteiger charge is 2.44. The number of rotatable bonds is 2. The first kappa shape index (κ1) is 21.7. The maximum Gasteiger partial charge on any atom is 0.275 e. The SMILES string of the molecule is CC(C)c1cccc2c1S(=O)(=O)CCC2(F)F.CC(C)c1cnn2c1OCCC2. The van der Waals surface area contributed by atoms with Crippen molar-refractivity contribution in [3.63, 3.8) is 0 Å². The van der Waals surface area contributed by atoms with E-state index in [4.69, 9.17) is 4.74 Å². The monoisotopic (exact) mass is 426 g/mol. The van der Waals surface area contributed by atoms with E-state index in [0.717, 1.165) is 25.5 Å². The first-order valence-electron chi connectivity index (χ1n) is 9.97. The predicted molar refractivity (Wildman–Crippen MR) is 108 cm³/mol. The van der Waals surface area contributed by atoms with Crippen LogP contribution in [0.5, 0.6) is 5.88 Å². The molecule has 0 atom stereocenters. The van der Waals surface area contributed by atoms with Crippen LogP contribution in [0.3, 0.4) is 0 Å². The van der Waals surface area contributed by atoms with Gasteiger partial charge in [-0.25, -0.2) is 21.9 Å². The van der Waals surface area contributed by atoms with E-state index in [1.54, 1.807) is 19.9 Å². The van der Waals surface area contributed by atoms with Gasteiger partial charge in [0.05, 0.1) is 23.5 Å². The normalized spacial score (nSPS) is 19.0. The Hall–Kier alpha value is -1.96. The van der Waals surface area contributed by atoms with E-state index in [1.165, 1.54) is 17.7 Å². The van der Waals surface area contributed by atoms with Gasteiger partial charge in [-0.1, -0.05) is 45.9 Å². The minimum Gasteiger partial charge on any atom is -0.478 e. The molecule has 2 aliphatic rings. The van der Waals surface area contributed by atoms with Crippen molar-refractivity contribution in [1.29, 1.82) is 0 Å². The highest BCUT2D eigenvalue weighted by atomic mass is 32.2. The van der Waals surface area contributed by atoms with Crippen molar-refractivity contribution in [1.82, 2.24) is 9.78 Å². The second kappa shape index (κ2) is 8.05. The third kappa shape index (κ3) is 4.32. The topological polar surface area (TPSA) is 61.2 Å². The molecule has 29 heavy (non-hydrogen) atoms. The lowest BCUT2D eigenvalue weighted by molar-refractivity contribution is -0.0129. The molecule has 2 aliphatic heterocycles. The van der Waals surface area contributed by atoms with E-state index in [0.29, 0.717) is 11.5 Å². The largest absolute Gasteiger partial charge is 0.478 e. The fraction of sp³-hybridized carbons (Fsp3) is 0.571. The molecule has 1 aromatic heterocycles. The smallest absolute Gasteiger partial charge is 0.275 e. The summed E-state index contributed by atoms with van der Waals surface area (Å²) in [5, 5.41) is 4.27. The summed E-state index contributed by atoms with van der Waals surface area (Å²) in [6.07, 6.45) is 2.38. The number of halogens is 2. The number of aryl methyl sites for hydroxylation is 1. The fourth-order valence-corrected chi connectivity index (χ4v) is 5.57. The Bertz CT molecular complexity index is 982. The van der Waals surface area contributed by atoms with Crippen LogP contribution >= 0.6 is 0 Å². The van der Waals surface area contributed by atoms with E-state index < -0.39 is 27.9 Å². The second-order valence-corrected chi connectivity index (χ2v) is 10.2. The fourth-order valence-electron chi connectivity index (χ4n) is 3.63. The number of sulfone groups is 1. The van der Waals surface area contributed by atoms with Crippen molar-refractivity contribution >= 4 is 9.84 Å². The van der Waals surface area contributed by atoms with Crippen molar-refractivity contribution in [3.05, 3.63) is 41.1 Å². The van der Waals surface area contributed by atoms with Crippen molar-refractivity contribution < 1.29 is 21.9 Å². The third-order valence-electron chi connectivity index (χ3n) is 5.25. The van der Waals surface area contributed by atoms with Crippen LogP contribution in [0.2, 0.25) is 0 Å². The maximum atomic E-state index is 13.7. The van der Waals surface area contributed by atoms with Gasteiger partial charge in [0.2, 0.25) is 5.88 Å². The Morgan fingerprint density at radius 1 is 1.14 bits per heavy atom. The molecular weight excluding hydrogens is 398 g/mol. The number of aromatic nitrogens is 2. The molecule has 160 valence electrons. The third-order valence-corrected chi connectivity index (χ3v) is 7.07. The van der Waals surface area contributed by atoms with Crippen LogP contribution < -0.4 is 4.74 Å². The van der Waals surface area contributed by atoms with Gasteiger partial charge in [-0.15, -0.1) is 0 Å². The molecule has 2 aromatic rings. The molecule has 0 saturated carbocycles. The molecular formula is C21H28F2N2O3S. The average molecular weight is 427 g/mol. The number of nitrogens with zero attached hydrogens (tertiary/aromatic N) is 2. The van der Waals surface area contributed by atoms with Crippen LogP contribution in [-0.2, 0) is 22.3 Å². The minimum atomic E-state index is -3.57. The molecule has 1 aromatic carbocycles. The predicted octanol–water partition coefficient (Wildman–Crippen LogP) is 4.87. The Morgan fingerprint density at radius 3 is 2.48 bits per heavy atom. The molecule has 0 unspecified atom stereocenters. The molecule has 4 rings (SSSR count). The van der Waals surface area contributed by atoms with Crippen LogP contribution in [-0.4, -0.2) is 30.6 Å². The maximum absolute atomic E-state index is 13.7. The van der Waals surface area contributed by atoms with Gasteiger partial charge >= 0.3 is 0 Å². The van der Waals surface area contributed by atoms with E-state index in [9.17, 15) is 17.2 Å².